The number of piperazine rings is 1. The third kappa shape index (κ3) is 8.73. The third-order valence-electron chi connectivity index (χ3n) is 4.68. The van der Waals surface area contributed by atoms with Crippen molar-refractivity contribution in [1.82, 2.24) is 20.4 Å². The molecule has 1 aromatic rings. The van der Waals surface area contributed by atoms with Crippen molar-refractivity contribution in [2.24, 2.45) is 0 Å². The maximum atomic E-state index is 12.1. The van der Waals surface area contributed by atoms with Crippen molar-refractivity contribution in [2.75, 3.05) is 52.4 Å². The Morgan fingerprint density at radius 3 is 2.15 bits per heavy atom. The standard InChI is InChI=1S/C20H31ClN4O2/c1-2-3-8-22-19(26)15-24-10-12-25(13-11-24)16-20(27)23-9-7-17-5-4-6-18(21)14-17/h4-6,14H,2-3,7-13,15-16H2,1H3,(H,22,26)(H,23,27). The molecule has 1 aliphatic rings. The van der Waals surface area contributed by atoms with Gasteiger partial charge in [-0.1, -0.05) is 37.1 Å². The van der Waals surface area contributed by atoms with Crippen molar-refractivity contribution in [3.05, 3.63) is 34.9 Å². The van der Waals surface area contributed by atoms with Gasteiger partial charge < -0.3 is 10.6 Å². The largest absolute Gasteiger partial charge is 0.355 e. The number of hydrogen-bond donors (Lipinski definition) is 2. The smallest absolute Gasteiger partial charge is 0.234 e. The summed E-state index contributed by atoms with van der Waals surface area (Å²) >= 11 is 5.97. The summed E-state index contributed by atoms with van der Waals surface area (Å²) < 4.78 is 0. The molecule has 1 fully saturated rings. The Morgan fingerprint density at radius 1 is 1.00 bits per heavy atom. The molecular formula is C20H31ClN4O2. The molecule has 1 heterocycles. The molecular weight excluding hydrogens is 364 g/mol. The maximum absolute atomic E-state index is 12.1. The molecule has 0 spiro atoms. The Morgan fingerprint density at radius 2 is 1.59 bits per heavy atom. The van der Waals surface area contributed by atoms with Gasteiger partial charge >= 0.3 is 0 Å². The van der Waals surface area contributed by atoms with Crippen LogP contribution in [-0.2, 0) is 16.0 Å². The minimum Gasteiger partial charge on any atom is -0.355 e. The Kier molecular flexibility index (Phi) is 9.59. The van der Waals surface area contributed by atoms with Gasteiger partial charge in [-0.3, -0.25) is 19.4 Å². The zero-order valence-corrected chi connectivity index (χ0v) is 16.9. The highest BCUT2D eigenvalue weighted by Crippen LogP contribution is 2.10. The summed E-state index contributed by atoms with van der Waals surface area (Å²) in [5.74, 6) is 0.137. The molecule has 0 atom stereocenters. The predicted octanol–water partition coefficient (Wildman–Crippen LogP) is 1.53. The van der Waals surface area contributed by atoms with E-state index in [0.717, 1.165) is 62.6 Å². The van der Waals surface area contributed by atoms with Crippen LogP contribution in [0.2, 0.25) is 5.02 Å². The molecule has 0 bridgehead atoms. The predicted molar refractivity (Wildman–Crippen MR) is 109 cm³/mol. The van der Waals surface area contributed by atoms with Gasteiger partial charge in [-0.15, -0.1) is 0 Å². The topological polar surface area (TPSA) is 64.7 Å². The SMILES string of the molecule is CCCCNC(=O)CN1CCN(CC(=O)NCCc2cccc(Cl)c2)CC1. The number of nitrogens with zero attached hydrogens (tertiary/aromatic N) is 2. The second-order valence-corrected chi connectivity index (χ2v) is 7.42. The molecule has 7 heteroatoms. The molecule has 0 aliphatic carbocycles. The van der Waals surface area contributed by atoms with Gasteiger partial charge in [0.1, 0.15) is 0 Å². The second kappa shape index (κ2) is 12.0. The van der Waals surface area contributed by atoms with E-state index in [1.54, 1.807) is 0 Å². The lowest BCUT2D eigenvalue weighted by atomic mass is 10.1. The highest BCUT2D eigenvalue weighted by molar-refractivity contribution is 6.30. The fourth-order valence-electron chi connectivity index (χ4n) is 3.07. The average Bonchev–Trinajstić information content (AvgIpc) is 2.64. The molecule has 27 heavy (non-hydrogen) atoms. The van der Waals surface area contributed by atoms with Crippen molar-refractivity contribution in [2.45, 2.75) is 26.2 Å². The highest BCUT2D eigenvalue weighted by Gasteiger charge is 2.20. The molecule has 1 aromatic carbocycles. The monoisotopic (exact) mass is 394 g/mol. The first-order valence-corrected chi connectivity index (χ1v) is 10.2. The molecule has 1 aliphatic heterocycles. The quantitative estimate of drug-likeness (QED) is 0.591. The lowest BCUT2D eigenvalue weighted by molar-refractivity contribution is -0.125. The summed E-state index contributed by atoms with van der Waals surface area (Å²) in [6.07, 6.45) is 2.87. The van der Waals surface area contributed by atoms with E-state index >= 15 is 0 Å². The van der Waals surface area contributed by atoms with Gasteiger partial charge in [0.25, 0.3) is 0 Å². The van der Waals surface area contributed by atoms with E-state index in [4.69, 9.17) is 11.6 Å². The van der Waals surface area contributed by atoms with Crippen LogP contribution < -0.4 is 10.6 Å². The zero-order chi connectivity index (χ0) is 19.5. The van der Waals surface area contributed by atoms with Gasteiger partial charge in [0, 0.05) is 44.3 Å². The minimum atomic E-state index is 0.0442. The van der Waals surface area contributed by atoms with Crippen LogP contribution >= 0.6 is 11.6 Å². The normalized spacial score (nSPS) is 15.5. The Bertz CT molecular complexity index is 603. The molecule has 0 aromatic heterocycles. The van der Waals surface area contributed by atoms with Crippen LogP contribution in [0.4, 0.5) is 0 Å². The Hall–Kier alpha value is -1.63. The summed E-state index contributed by atoms with van der Waals surface area (Å²) in [5, 5.41) is 6.63. The molecule has 2 amide bonds. The molecule has 150 valence electrons. The van der Waals surface area contributed by atoms with Crippen molar-refractivity contribution in [3.8, 4) is 0 Å². The zero-order valence-electron chi connectivity index (χ0n) is 16.2. The van der Waals surface area contributed by atoms with E-state index in [2.05, 4.69) is 27.4 Å². The summed E-state index contributed by atoms with van der Waals surface area (Å²) in [5.41, 5.74) is 1.12. The van der Waals surface area contributed by atoms with Crippen LogP contribution in [0.5, 0.6) is 0 Å². The van der Waals surface area contributed by atoms with Crippen LogP contribution in [-0.4, -0.2) is 74.0 Å². The molecule has 0 radical (unpaired) electrons. The van der Waals surface area contributed by atoms with Crippen molar-refractivity contribution >= 4 is 23.4 Å². The second-order valence-electron chi connectivity index (χ2n) is 6.99. The first-order valence-electron chi connectivity index (χ1n) is 9.79. The molecule has 0 unspecified atom stereocenters. The van der Waals surface area contributed by atoms with Crippen molar-refractivity contribution in [3.63, 3.8) is 0 Å². The number of benzene rings is 1. The molecule has 6 nitrogen and oxygen atoms in total. The van der Waals surface area contributed by atoms with Crippen LogP contribution in [0.15, 0.2) is 24.3 Å². The van der Waals surface area contributed by atoms with E-state index in [1.165, 1.54) is 0 Å². The maximum Gasteiger partial charge on any atom is 0.234 e. The number of hydrogen-bond acceptors (Lipinski definition) is 4. The number of nitrogens with one attached hydrogen (secondary N) is 2. The molecule has 0 saturated carbocycles. The fourth-order valence-corrected chi connectivity index (χ4v) is 3.28. The summed E-state index contributed by atoms with van der Waals surface area (Å²) in [6, 6.07) is 7.70. The van der Waals surface area contributed by atoms with E-state index in [9.17, 15) is 9.59 Å². The van der Waals surface area contributed by atoms with Crippen LogP contribution in [0.3, 0.4) is 0 Å². The van der Waals surface area contributed by atoms with Crippen molar-refractivity contribution in [1.29, 1.82) is 0 Å². The van der Waals surface area contributed by atoms with Crippen LogP contribution in [0.1, 0.15) is 25.3 Å². The average molecular weight is 395 g/mol. The van der Waals surface area contributed by atoms with Gasteiger partial charge in [-0.25, -0.2) is 0 Å². The minimum absolute atomic E-state index is 0.0442. The lowest BCUT2D eigenvalue weighted by Gasteiger charge is -2.33. The summed E-state index contributed by atoms with van der Waals surface area (Å²) in [7, 11) is 0. The fraction of sp³-hybridized carbons (Fsp3) is 0.600. The Labute approximate surface area is 167 Å². The number of carbonyl (C=O) groups excluding carboxylic acids is 2. The number of amides is 2. The molecule has 1 saturated heterocycles. The van der Waals surface area contributed by atoms with Gasteiger partial charge in [0.2, 0.25) is 11.8 Å². The van der Waals surface area contributed by atoms with Crippen LogP contribution in [0, 0.1) is 0 Å². The van der Waals surface area contributed by atoms with Crippen LogP contribution in [0.25, 0.3) is 0 Å². The lowest BCUT2D eigenvalue weighted by Crippen LogP contribution is -2.51. The van der Waals surface area contributed by atoms with E-state index in [1.807, 2.05) is 24.3 Å². The van der Waals surface area contributed by atoms with E-state index in [-0.39, 0.29) is 11.8 Å². The summed E-state index contributed by atoms with van der Waals surface area (Å²) in [6.45, 7) is 7.58. The van der Waals surface area contributed by atoms with Crippen molar-refractivity contribution < 1.29 is 9.59 Å². The van der Waals surface area contributed by atoms with Gasteiger partial charge in [0.05, 0.1) is 13.1 Å². The van der Waals surface area contributed by atoms with Gasteiger partial charge in [0.15, 0.2) is 0 Å². The number of rotatable bonds is 10. The van der Waals surface area contributed by atoms with E-state index < -0.39 is 0 Å². The number of unbranched alkanes of at least 4 members (excludes halogenated alkanes) is 1. The number of halogens is 1. The Balaban J connectivity index is 1.58. The molecule has 2 rings (SSSR count). The number of carbonyl (C=O) groups is 2. The highest BCUT2D eigenvalue weighted by atomic mass is 35.5. The van der Waals surface area contributed by atoms with Gasteiger partial charge in [-0.05, 0) is 30.5 Å². The van der Waals surface area contributed by atoms with E-state index in [0.29, 0.717) is 19.6 Å². The summed E-state index contributed by atoms with van der Waals surface area (Å²) in [4.78, 5) is 28.3. The third-order valence-corrected chi connectivity index (χ3v) is 4.91. The van der Waals surface area contributed by atoms with Gasteiger partial charge in [-0.2, -0.15) is 0 Å². The first-order chi connectivity index (χ1) is 13.1. The first kappa shape index (κ1) is 21.7. The molecule has 2 N–H and O–H groups in total.